The number of carbonyl (C=O) groups excluding carboxylic acids is 1. The number of aryl methyl sites for hydroxylation is 1. The van der Waals surface area contributed by atoms with Crippen LogP contribution < -0.4 is 5.73 Å². The van der Waals surface area contributed by atoms with Crippen LogP contribution in [0.3, 0.4) is 0 Å². The second kappa shape index (κ2) is 14.2. The van der Waals surface area contributed by atoms with Gasteiger partial charge >= 0.3 is 0 Å². The molecule has 10 nitrogen and oxygen atoms in total. The summed E-state index contributed by atoms with van der Waals surface area (Å²) < 4.78 is 33.8. The Labute approximate surface area is 271 Å². The smallest absolute Gasteiger partial charge is 0.272 e. The van der Waals surface area contributed by atoms with Crippen molar-refractivity contribution in [3.05, 3.63) is 85.7 Å². The minimum absolute atomic E-state index is 0.0378. The quantitative estimate of drug-likeness (QED) is 0.0724. The van der Waals surface area contributed by atoms with Gasteiger partial charge in [0.05, 0.1) is 26.9 Å². The largest absolute Gasteiger partial charge is 0.487 e. The van der Waals surface area contributed by atoms with Crippen LogP contribution in [0, 0.1) is 15.5 Å². The highest BCUT2D eigenvalue weighted by Gasteiger charge is 2.40. The first-order valence-corrected chi connectivity index (χ1v) is 17.6. The molecule has 2 aromatic rings. The van der Waals surface area contributed by atoms with E-state index in [4.69, 9.17) is 22.1 Å². The van der Waals surface area contributed by atoms with Gasteiger partial charge in [0, 0.05) is 54.8 Å². The van der Waals surface area contributed by atoms with Gasteiger partial charge in [0.25, 0.3) is 5.69 Å². The van der Waals surface area contributed by atoms with E-state index in [0.717, 1.165) is 18.4 Å². The maximum Gasteiger partial charge on any atom is 0.272 e. The van der Waals surface area contributed by atoms with Crippen molar-refractivity contribution in [1.82, 2.24) is 9.21 Å². The van der Waals surface area contributed by atoms with Gasteiger partial charge in [-0.2, -0.15) is 4.31 Å². The average molecular weight is 745 g/mol. The monoisotopic (exact) mass is 744 g/mol. The maximum atomic E-state index is 13.8. The number of nitro groups is 1. The highest BCUT2D eigenvalue weighted by Crippen LogP contribution is 2.45. The number of hydrogen-bond acceptors (Lipinski definition) is 8. The van der Waals surface area contributed by atoms with Crippen LogP contribution in [-0.2, 0) is 38.1 Å². The normalized spacial score (nSPS) is 18.1. The minimum atomic E-state index is -3.74. The summed E-state index contributed by atoms with van der Waals surface area (Å²) in [5.74, 6) is -0.239. The van der Waals surface area contributed by atoms with E-state index in [1.165, 1.54) is 10.4 Å². The number of halogens is 2. The topological polar surface area (TPSA) is 136 Å². The number of nitrogens with zero attached hydrogens (tertiary/aromatic N) is 3. The van der Waals surface area contributed by atoms with E-state index in [2.05, 4.69) is 29.5 Å². The lowest BCUT2D eigenvalue weighted by Gasteiger charge is -2.37. The Hall–Kier alpha value is -2.26. The summed E-state index contributed by atoms with van der Waals surface area (Å²) in [6.45, 7) is 5.47. The fourth-order valence-corrected chi connectivity index (χ4v) is 7.59. The Morgan fingerprint density at radius 3 is 2.44 bits per heavy atom. The molecule has 1 atom stereocenters. The molecule has 4 rings (SSSR count). The molecule has 0 bridgehead atoms. The highest BCUT2D eigenvalue weighted by atomic mass is 127. The zero-order chi connectivity index (χ0) is 31.4. The van der Waals surface area contributed by atoms with E-state index >= 15 is 0 Å². The van der Waals surface area contributed by atoms with Crippen molar-refractivity contribution in [2.45, 2.75) is 49.2 Å². The van der Waals surface area contributed by atoms with Crippen molar-refractivity contribution in [3.8, 4) is 0 Å². The Bertz CT molecular complexity index is 1490. The number of rotatable bonds is 14. The number of nitrogens with two attached hydrogens (primary N) is 1. The van der Waals surface area contributed by atoms with Crippen molar-refractivity contribution in [2.75, 3.05) is 39.3 Å². The number of ketones is 1. The van der Waals surface area contributed by atoms with E-state index < -0.39 is 18.9 Å². The molecule has 2 aliphatic rings. The lowest BCUT2D eigenvalue weighted by molar-refractivity contribution is -0.385. The Kier molecular flexibility index (Phi) is 11.1. The number of allylic oxidation sites excluding steroid dienone is 1. The number of piperazine rings is 1. The summed E-state index contributed by atoms with van der Waals surface area (Å²) in [6.07, 6.45) is 3.02. The Balaban J connectivity index is 1.49. The molecular formula is C30H38ClIN4O6S. The fraction of sp³-hybridized carbons (Fsp3) is 0.500. The molecule has 2 fully saturated rings. The van der Waals surface area contributed by atoms with Gasteiger partial charge in [-0.05, 0) is 48.9 Å². The number of nitro benzene ring substituents is 1. The standard InChI is InChI=1S/C30H38ClIN4O6S/c1-3-23-8-7-22(17-26(23)36(38)39)19-43(40,41)35-13-11-34(12-14-35)27(18-33)29(42-20-30(2)9-10-30)28(37)25(32)16-21-5-4-6-24(31)15-21/h4-8,15,17,25H,3,9-14,16,18-20,33H2,1-2H3/b29-27-. The van der Waals surface area contributed by atoms with Crippen molar-refractivity contribution >= 4 is 55.7 Å². The number of alkyl halides is 1. The third-order valence-corrected chi connectivity index (χ3v) is 11.1. The fourth-order valence-electron chi connectivity index (χ4n) is 5.08. The second-order valence-corrected chi connectivity index (χ2v) is 15.4. The lowest BCUT2D eigenvalue weighted by atomic mass is 10.1. The number of Topliss-reactive ketones (excluding diaryl/α,β-unsaturated/α-hetero) is 1. The summed E-state index contributed by atoms with van der Waals surface area (Å²) >= 11 is 8.29. The van der Waals surface area contributed by atoms with Crippen molar-refractivity contribution in [2.24, 2.45) is 11.1 Å². The average Bonchev–Trinajstić information content (AvgIpc) is 3.71. The number of carbonyl (C=O) groups is 1. The number of ether oxygens (including phenoxy) is 1. The first kappa shape index (κ1) is 33.6. The van der Waals surface area contributed by atoms with Crippen molar-refractivity contribution < 1.29 is 22.9 Å². The van der Waals surface area contributed by atoms with Gasteiger partial charge in [-0.3, -0.25) is 14.9 Å². The molecule has 2 aromatic carbocycles. The van der Waals surface area contributed by atoms with Gasteiger partial charge in [-0.1, -0.05) is 72.3 Å². The van der Waals surface area contributed by atoms with Crippen LogP contribution in [0.25, 0.3) is 0 Å². The molecule has 234 valence electrons. The molecule has 1 saturated carbocycles. The van der Waals surface area contributed by atoms with Gasteiger partial charge in [-0.25, -0.2) is 8.42 Å². The lowest BCUT2D eigenvalue weighted by Crippen LogP contribution is -2.49. The van der Waals surface area contributed by atoms with E-state index in [1.807, 2.05) is 30.0 Å². The SMILES string of the molecule is CCc1ccc(CS(=O)(=O)N2CCN(/C(CN)=C(\OCC3(C)CC3)C(=O)C(I)Cc3cccc(Cl)c3)CC2)cc1[N+](=O)[O-]. The van der Waals surface area contributed by atoms with Gasteiger partial charge < -0.3 is 15.4 Å². The molecule has 0 aromatic heterocycles. The van der Waals surface area contributed by atoms with Crippen molar-refractivity contribution in [3.63, 3.8) is 0 Å². The molecule has 0 radical (unpaired) electrons. The van der Waals surface area contributed by atoms with Gasteiger partial charge in [0.2, 0.25) is 15.8 Å². The molecule has 1 aliphatic heterocycles. The minimum Gasteiger partial charge on any atom is -0.487 e. The first-order chi connectivity index (χ1) is 20.4. The summed E-state index contributed by atoms with van der Waals surface area (Å²) in [7, 11) is -3.74. The number of sulfonamides is 1. The van der Waals surface area contributed by atoms with Crippen LogP contribution >= 0.6 is 34.2 Å². The maximum absolute atomic E-state index is 13.8. The van der Waals surface area contributed by atoms with Crippen LogP contribution in [0.4, 0.5) is 5.69 Å². The van der Waals surface area contributed by atoms with Crippen LogP contribution in [0.1, 0.15) is 43.4 Å². The zero-order valence-corrected chi connectivity index (χ0v) is 28.2. The molecule has 1 aliphatic carbocycles. The van der Waals surface area contributed by atoms with Crippen LogP contribution in [0.2, 0.25) is 5.02 Å². The summed E-state index contributed by atoms with van der Waals surface area (Å²) in [5, 5.41) is 12.1. The first-order valence-electron chi connectivity index (χ1n) is 14.3. The molecule has 1 unspecified atom stereocenters. The Morgan fingerprint density at radius 1 is 1.16 bits per heavy atom. The third-order valence-electron chi connectivity index (χ3n) is 8.03. The van der Waals surface area contributed by atoms with Crippen LogP contribution in [-0.4, -0.2) is 71.6 Å². The number of hydrogen-bond donors (Lipinski definition) is 1. The van der Waals surface area contributed by atoms with Gasteiger partial charge in [-0.15, -0.1) is 0 Å². The van der Waals surface area contributed by atoms with E-state index in [0.29, 0.717) is 54.4 Å². The second-order valence-electron chi connectivity index (χ2n) is 11.5. The zero-order valence-electron chi connectivity index (χ0n) is 24.4. The molecule has 0 amide bonds. The highest BCUT2D eigenvalue weighted by molar-refractivity contribution is 14.1. The van der Waals surface area contributed by atoms with Gasteiger partial charge in [0.15, 0.2) is 5.76 Å². The molecule has 1 heterocycles. The molecule has 13 heteroatoms. The van der Waals surface area contributed by atoms with E-state index in [-0.39, 0.29) is 48.0 Å². The molecule has 43 heavy (non-hydrogen) atoms. The molecule has 0 spiro atoms. The summed E-state index contributed by atoms with van der Waals surface area (Å²) in [4.78, 5) is 26.7. The summed E-state index contributed by atoms with van der Waals surface area (Å²) in [6, 6.07) is 12.0. The van der Waals surface area contributed by atoms with Crippen molar-refractivity contribution in [1.29, 1.82) is 0 Å². The molecule has 1 saturated heterocycles. The predicted octanol–water partition coefficient (Wildman–Crippen LogP) is 4.86. The predicted molar refractivity (Wildman–Crippen MR) is 176 cm³/mol. The van der Waals surface area contributed by atoms with E-state index in [1.54, 1.807) is 18.2 Å². The molecular weight excluding hydrogens is 707 g/mol. The Morgan fingerprint density at radius 2 is 1.86 bits per heavy atom. The van der Waals surface area contributed by atoms with E-state index in [9.17, 15) is 23.3 Å². The van der Waals surface area contributed by atoms with Crippen LogP contribution in [0.5, 0.6) is 0 Å². The summed E-state index contributed by atoms with van der Waals surface area (Å²) in [5.41, 5.74) is 8.63. The van der Waals surface area contributed by atoms with Crippen LogP contribution in [0.15, 0.2) is 53.9 Å². The van der Waals surface area contributed by atoms with Gasteiger partial charge in [0.1, 0.15) is 0 Å². The third kappa shape index (κ3) is 8.68. The number of benzene rings is 2. The molecule has 2 N–H and O–H groups in total.